The van der Waals surface area contributed by atoms with E-state index in [1.54, 1.807) is 0 Å². The third kappa shape index (κ3) is 4.74. The lowest BCUT2D eigenvalue weighted by Crippen LogP contribution is -2.48. The Bertz CT molecular complexity index is 727. The van der Waals surface area contributed by atoms with Crippen molar-refractivity contribution in [2.75, 3.05) is 32.8 Å². The number of ether oxygens (including phenoxy) is 1. The van der Waals surface area contributed by atoms with E-state index in [1.165, 1.54) is 5.56 Å². The lowest BCUT2D eigenvalue weighted by Gasteiger charge is -2.34. The highest BCUT2D eigenvalue weighted by molar-refractivity contribution is 6.30. The molecule has 0 N–H and O–H groups in total. The van der Waals surface area contributed by atoms with Crippen LogP contribution in [0.25, 0.3) is 0 Å². The van der Waals surface area contributed by atoms with Gasteiger partial charge in [-0.1, -0.05) is 29.8 Å². The molecule has 0 aliphatic carbocycles. The molecule has 0 bridgehead atoms. The molecule has 1 heterocycles. The van der Waals surface area contributed by atoms with Crippen molar-refractivity contribution in [1.82, 2.24) is 9.80 Å². The van der Waals surface area contributed by atoms with Gasteiger partial charge in [0.25, 0.3) is 5.91 Å². The molecule has 0 saturated carbocycles. The second-order valence-electron chi connectivity index (χ2n) is 6.16. The van der Waals surface area contributed by atoms with Gasteiger partial charge in [-0.15, -0.1) is 0 Å². The first kappa shape index (κ1) is 17.8. The topological polar surface area (TPSA) is 32.8 Å². The molecule has 4 nitrogen and oxygen atoms in total. The van der Waals surface area contributed by atoms with Crippen molar-refractivity contribution in [2.45, 2.75) is 13.5 Å². The minimum Gasteiger partial charge on any atom is -0.494 e. The molecule has 1 aliphatic rings. The monoisotopic (exact) mass is 358 g/mol. The molecule has 0 radical (unpaired) electrons. The Balaban J connectivity index is 1.56. The van der Waals surface area contributed by atoms with Gasteiger partial charge in [0.15, 0.2) is 0 Å². The standard InChI is InChI=1S/C20H23ClN2O2/c1-2-25-19-8-4-6-17(14-19)20(24)23-11-9-22(10-12-23)15-16-5-3-7-18(21)13-16/h3-8,13-14H,2,9-12,15H2,1H3. The van der Waals surface area contributed by atoms with Crippen LogP contribution in [0.4, 0.5) is 0 Å². The molecule has 3 rings (SSSR count). The van der Waals surface area contributed by atoms with Crippen molar-refractivity contribution < 1.29 is 9.53 Å². The summed E-state index contributed by atoms with van der Waals surface area (Å²) in [5.41, 5.74) is 1.89. The van der Waals surface area contributed by atoms with Gasteiger partial charge in [0.05, 0.1) is 6.61 Å². The van der Waals surface area contributed by atoms with Gasteiger partial charge in [0.2, 0.25) is 0 Å². The Morgan fingerprint density at radius 1 is 1.08 bits per heavy atom. The Kier molecular flexibility index (Phi) is 5.95. The van der Waals surface area contributed by atoms with Gasteiger partial charge in [-0.2, -0.15) is 0 Å². The summed E-state index contributed by atoms with van der Waals surface area (Å²) in [6.07, 6.45) is 0. The van der Waals surface area contributed by atoms with Gasteiger partial charge in [0, 0.05) is 43.3 Å². The predicted octanol–water partition coefficient (Wildman–Crippen LogP) is 3.70. The summed E-state index contributed by atoms with van der Waals surface area (Å²) in [6, 6.07) is 15.4. The fourth-order valence-electron chi connectivity index (χ4n) is 3.07. The second-order valence-corrected chi connectivity index (χ2v) is 6.60. The molecular formula is C20H23ClN2O2. The normalized spacial score (nSPS) is 15.2. The van der Waals surface area contributed by atoms with Crippen molar-refractivity contribution in [3.05, 3.63) is 64.7 Å². The van der Waals surface area contributed by atoms with Crippen LogP contribution < -0.4 is 4.74 Å². The van der Waals surface area contributed by atoms with Crippen molar-refractivity contribution in [2.24, 2.45) is 0 Å². The zero-order valence-electron chi connectivity index (χ0n) is 14.5. The highest BCUT2D eigenvalue weighted by Gasteiger charge is 2.22. The zero-order valence-corrected chi connectivity index (χ0v) is 15.2. The number of carbonyl (C=O) groups excluding carboxylic acids is 1. The van der Waals surface area contributed by atoms with E-state index in [-0.39, 0.29) is 5.91 Å². The molecule has 0 unspecified atom stereocenters. The third-order valence-electron chi connectivity index (χ3n) is 4.35. The van der Waals surface area contributed by atoms with Gasteiger partial charge >= 0.3 is 0 Å². The molecule has 25 heavy (non-hydrogen) atoms. The lowest BCUT2D eigenvalue weighted by atomic mass is 10.1. The maximum Gasteiger partial charge on any atom is 0.254 e. The number of rotatable bonds is 5. The Morgan fingerprint density at radius 2 is 1.84 bits per heavy atom. The van der Waals surface area contributed by atoms with Crippen LogP contribution >= 0.6 is 11.6 Å². The van der Waals surface area contributed by atoms with E-state index in [0.29, 0.717) is 12.2 Å². The summed E-state index contributed by atoms with van der Waals surface area (Å²) >= 11 is 6.05. The first-order chi connectivity index (χ1) is 12.2. The number of hydrogen-bond donors (Lipinski definition) is 0. The molecule has 1 aliphatic heterocycles. The van der Waals surface area contributed by atoms with Crippen LogP contribution in [0.15, 0.2) is 48.5 Å². The SMILES string of the molecule is CCOc1cccc(C(=O)N2CCN(Cc3cccc(Cl)c3)CC2)c1. The zero-order chi connectivity index (χ0) is 17.6. The molecule has 1 saturated heterocycles. The minimum atomic E-state index is 0.0731. The van der Waals surface area contributed by atoms with Crippen LogP contribution in [-0.4, -0.2) is 48.5 Å². The number of halogens is 1. The van der Waals surface area contributed by atoms with Gasteiger partial charge < -0.3 is 9.64 Å². The van der Waals surface area contributed by atoms with Crippen LogP contribution in [0.1, 0.15) is 22.8 Å². The van der Waals surface area contributed by atoms with Gasteiger partial charge in [-0.05, 0) is 42.8 Å². The number of amides is 1. The quantitative estimate of drug-likeness (QED) is 0.817. The fraction of sp³-hybridized carbons (Fsp3) is 0.350. The van der Waals surface area contributed by atoms with Crippen molar-refractivity contribution in [3.63, 3.8) is 0 Å². The van der Waals surface area contributed by atoms with Crippen LogP contribution in [0, 0.1) is 0 Å². The van der Waals surface area contributed by atoms with Crippen molar-refractivity contribution in [3.8, 4) is 5.75 Å². The number of nitrogens with zero attached hydrogens (tertiary/aromatic N) is 2. The van der Waals surface area contributed by atoms with E-state index < -0.39 is 0 Å². The van der Waals surface area contributed by atoms with E-state index in [4.69, 9.17) is 16.3 Å². The average Bonchev–Trinajstić information content (AvgIpc) is 2.62. The highest BCUT2D eigenvalue weighted by Crippen LogP contribution is 2.17. The Hall–Kier alpha value is -2.04. The van der Waals surface area contributed by atoms with E-state index >= 15 is 0 Å². The van der Waals surface area contributed by atoms with Gasteiger partial charge in [0.1, 0.15) is 5.75 Å². The summed E-state index contributed by atoms with van der Waals surface area (Å²) < 4.78 is 5.49. The van der Waals surface area contributed by atoms with Crippen LogP contribution in [-0.2, 0) is 6.54 Å². The average molecular weight is 359 g/mol. The summed E-state index contributed by atoms with van der Waals surface area (Å²) in [5.74, 6) is 0.817. The molecule has 1 fully saturated rings. The van der Waals surface area contributed by atoms with Crippen LogP contribution in [0.5, 0.6) is 5.75 Å². The molecule has 2 aromatic rings. The number of piperazine rings is 1. The first-order valence-corrected chi connectivity index (χ1v) is 9.02. The van der Waals surface area contributed by atoms with E-state index in [2.05, 4.69) is 11.0 Å². The first-order valence-electron chi connectivity index (χ1n) is 8.64. The minimum absolute atomic E-state index is 0.0731. The highest BCUT2D eigenvalue weighted by atomic mass is 35.5. The molecule has 0 aromatic heterocycles. The second kappa shape index (κ2) is 8.37. The van der Waals surface area contributed by atoms with Crippen molar-refractivity contribution >= 4 is 17.5 Å². The lowest BCUT2D eigenvalue weighted by molar-refractivity contribution is 0.0628. The number of hydrogen-bond acceptors (Lipinski definition) is 3. The Labute approximate surface area is 154 Å². The fourth-order valence-corrected chi connectivity index (χ4v) is 3.28. The number of carbonyl (C=O) groups is 1. The summed E-state index contributed by atoms with van der Waals surface area (Å²) in [7, 11) is 0. The largest absolute Gasteiger partial charge is 0.494 e. The van der Waals surface area contributed by atoms with Crippen LogP contribution in [0.2, 0.25) is 5.02 Å². The van der Waals surface area contributed by atoms with E-state index in [1.807, 2.05) is 54.3 Å². The smallest absolute Gasteiger partial charge is 0.254 e. The van der Waals surface area contributed by atoms with Crippen LogP contribution in [0.3, 0.4) is 0 Å². The van der Waals surface area contributed by atoms with E-state index in [0.717, 1.165) is 43.5 Å². The maximum absolute atomic E-state index is 12.7. The molecule has 0 atom stereocenters. The van der Waals surface area contributed by atoms with Gasteiger partial charge in [-0.25, -0.2) is 0 Å². The number of benzene rings is 2. The summed E-state index contributed by atoms with van der Waals surface area (Å²) in [5, 5.41) is 0.764. The molecule has 0 spiro atoms. The summed E-state index contributed by atoms with van der Waals surface area (Å²) in [4.78, 5) is 17.0. The molecule has 5 heteroatoms. The van der Waals surface area contributed by atoms with E-state index in [9.17, 15) is 4.79 Å². The molecule has 1 amide bonds. The predicted molar refractivity (Wildman–Crippen MR) is 100 cm³/mol. The molecule has 2 aromatic carbocycles. The molecule has 132 valence electrons. The molecular weight excluding hydrogens is 336 g/mol. The Morgan fingerprint density at radius 3 is 2.56 bits per heavy atom. The van der Waals surface area contributed by atoms with Crippen molar-refractivity contribution in [1.29, 1.82) is 0 Å². The maximum atomic E-state index is 12.7. The third-order valence-corrected chi connectivity index (χ3v) is 4.58. The summed E-state index contributed by atoms with van der Waals surface area (Å²) in [6.45, 7) is 6.60. The van der Waals surface area contributed by atoms with Gasteiger partial charge in [-0.3, -0.25) is 9.69 Å².